The van der Waals surface area contributed by atoms with Gasteiger partial charge >= 0.3 is 0 Å². The SMILES string of the molecule is CC(=O)/C=C(/C)O.Cc1cc2c3c(nccc3c1)-c1[c-]cc3ccncc3c1C2(C)C.[Ir]. The van der Waals surface area contributed by atoms with Gasteiger partial charge in [0.2, 0.25) is 0 Å². The molecule has 32 heavy (non-hydrogen) atoms. The van der Waals surface area contributed by atoms with Crippen molar-refractivity contribution in [2.24, 2.45) is 0 Å². The van der Waals surface area contributed by atoms with E-state index in [4.69, 9.17) is 10.1 Å². The largest absolute Gasteiger partial charge is 0.512 e. The molecule has 2 heterocycles. The first kappa shape index (κ1) is 23.8. The van der Waals surface area contributed by atoms with Crippen LogP contribution in [0.3, 0.4) is 0 Å². The van der Waals surface area contributed by atoms with Gasteiger partial charge in [-0.15, -0.1) is 23.3 Å². The van der Waals surface area contributed by atoms with Crippen LogP contribution in [-0.4, -0.2) is 20.9 Å². The van der Waals surface area contributed by atoms with E-state index in [1.807, 2.05) is 18.6 Å². The van der Waals surface area contributed by atoms with Gasteiger partial charge in [-0.3, -0.25) is 9.78 Å². The van der Waals surface area contributed by atoms with E-state index in [0.29, 0.717) is 0 Å². The van der Waals surface area contributed by atoms with Gasteiger partial charge in [-0.05, 0) is 54.3 Å². The molecule has 0 amide bonds. The van der Waals surface area contributed by atoms with E-state index in [1.165, 1.54) is 58.2 Å². The maximum absolute atomic E-state index is 10.0. The summed E-state index contributed by atoms with van der Waals surface area (Å²) in [5.74, 6) is -0.0625. The number of benzene rings is 2. The second-order valence-electron chi connectivity index (χ2n) is 8.59. The standard InChI is InChI=1S/C22H17N2.C5H8O2.Ir/c1-13-10-15-7-9-24-21-16-5-4-14-6-8-23-12-17(14)20(16)22(2,3)18(11-13)19(15)21;1-4(6)3-5(2)7;/h4,6-12H,1-3H3;3,6H,1-2H3;/q-1;;/b;4-3-;. The van der Waals surface area contributed by atoms with Crippen LogP contribution >= 0.6 is 0 Å². The summed E-state index contributed by atoms with van der Waals surface area (Å²) in [5.41, 5.74) is 5.96. The number of fused-ring (bicyclic) bond motifs is 4. The molecule has 4 aromatic rings. The zero-order valence-electron chi connectivity index (χ0n) is 18.8. The van der Waals surface area contributed by atoms with Crippen molar-refractivity contribution in [2.45, 2.75) is 40.0 Å². The van der Waals surface area contributed by atoms with Crippen LogP contribution in [0.25, 0.3) is 32.8 Å². The van der Waals surface area contributed by atoms with E-state index in [1.54, 1.807) is 0 Å². The third kappa shape index (κ3) is 4.11. The van der Waals surface area contributed by atoms with Gasteiger partial charge in [0, 0.05) is 44.8 Å². The van der Waals surface area contributed by atoms with Crippen LogP contribution in [0.2, 0.25) is 0 Å². The molecule has 1 radical (unpaired) electrons. The minimum atomic E-state index is -0.125. The first-order valence-corrected chi connectivity index (χ1v) is 10.3. The molecule has 0 atom stereocenters. The Morgan fingerprint density at radius 2 is 1.84 bits per heavy atom. The molecule has 1 aliphatic carbocycles. The molecule has 0 unspecified atom stereocenters. The number of hydrogen-bond donors (Lipinski definition) is 1. The zero-order chi connectivity index (χ0) is 22.3. The van der Waals surface area contributed by atoms with E-state index in [-0.39, 0.29) is 37.1 Å². The molecule has 0 bridgehead atoms. The number of aryl methyl sites for hydroxylation is 1. The number of nitrogens with zero attached hydrogens (tertiary/aromatic N) is 2. The van der Waals surface area contributed by atoms with Crippen LogP contribution < -0.4 is 0 Å². The maximum Gasteiger partial charge on any atom is 0.155 e. The summed E-state index contributed by atoms with van der Waals surface area (Å²) in [4.78, 5) is 19.1. The minimum absolute atomic E-state index is 0. The number of carbonyl (C=O) groups excluding carboxylic acids is 1. The van der Waals surface area contributed by atoms with Crippen molar-refractivity contribution in [1.29, 1.82) is 0 Å². The van der Waals surface area contributed by atoms with Gasteiger partial charge < -0.3 is 10.1 Å². The Labute approximate surface area is 201 Å². The number of hydrogen-bond acceptors (Lipinski definition) is 4. The van der Waals surface area contributed by atoms with Gasteiger partial charge in [0.05, 0.1) is 5.76 Å². The summed E-state index contributed by atoms with van der Waals surface area (Å²) >= 11 is 0. The number of carbonyl (C=O) groups is 1. The van der Waals surface area contributed by atoms with E-state index < -0.39 is 0 Å². The van der Waals surface area contributed by atoms with Crippen molar-refractivity contribution >= 4 is 27.3 Å². The average Bonchev–Trinajstić information content (AvgIpc) is 2.70. The Bertz CT molecular complexity index is 1370. The Morgan fingerprint density at radius 1 is 1.12 bits per heavy atom. The van der Waals surface area contributed by atoms with E-state index in [2.05, 4.69) is 62.2 Å². The number of aromatic nitrogens is 2. The zero-order valence-corrected chi connectivity index (χ0v) is 21.2. The van der Waals surface area contributed by atoms with E-state index >= 15 is 0 Å². The van der Waals surface area contributed by atoms with Gasteiger partial charge in [-0.25, -0.2) is 0 Å². The van der Waals surface area contributed by atoms with Gasteiger partial charge in [-0.2, -0.15) is 0 Å². The summed E-state index contributed by atoms with van der Waals surface area (Å²) in [7, 11) is 0. The maximum atomic E-state index is 10.0. The van der Waals surface area contributed by atoms with Crippen LogP contribution in [0, 0.1) is 13.0 Å². The van der Waals surface area contributed by atoms with Crippen molar-refractivity contribution < 1.29 is 30.0 Å². The van der Waals surface area contributed by atoms with Gasteiger partial charge in [0.25, 0.3) is 0 Å². The predicted molar refractivity (Wildman–Crippen MR) is 125 cm³/mol. The molecule has 0 fully saturated rings. The fraction of sp³-hybridized carbons (Fsp3) is 0.222. The van der Waals surface area contributed by atoms with Gasteiger partial charge in [0.1, 0.15) is 0 Å². The van der Waals surface area contributed by atoms with Crippen LogP contribution in [0.15, 0.2) is 60.8 Å². The van der Waals surface area contributed by atoms with Gasteiger partial charge in [-0.1, -0.05) is 48.4 Å². The van der Waals surface area contributed by atoms with Crippen molar-refractivity contribution in [3.8, 4) is 11.3 Å². The monoisotopic (exact) mass is 602 g/mol. The van der Waals surface area contributed by atoms with Crippen molar-refractivity contribution in [3.05, 3.63) is 83.5 Å². The van der Waals surface area contributed by atoms with Crippen LogP contribution in [0.4, 0.5) is 0 Å². The summed E-state index contributed by atoms with van der Waals surface area (Å²) in [5, 5.41) is 13.3. The number of aliphatic hydroxyl groups is 1. The molecule has 2 aromatic heterocycles. The molecular weight excluding hydrogens is 577 g/mol. The minimum Gasteiger partial charge on any atom is -0.512 e. The summed E-state index contributed by atoms with van der Waals surface area (Å²) < 4.78 is 0. The fourth-order valence-corrected chi connectivity index (χ4v) is 4.51. The van der Waals surface area contributed by atoms with E-state index in [0.717, 1.165) is 11.3 Å². The Kier molecular flexibility index (Phi) is 6.64. The first-order chi connectivity index (χ1) is 14.7. The van der Waals surface area contributed by atoms with Crippen molar-refractivity contribution in [1.82, 2.24) is 9.97 Å². The molecule has 5 heteroatoms. The quantitative estimate of drug-likeness (QED) is 0.160. The Balaban J connectivity index is 0.000000318. The number of rotatable bonds is 1. The molecule has 0 saturated heterocycles. The molecule has 0 spiro atoms. The topological polar surface area (TPSA) is 63.1 Å². The Hall–Kier alpha value is -2.88. The number of ketones is 1. The van der Waals surface area contributed by atoms with Crippen molar-refractivity contribution in [2.75, 3.05) is 0 Å². The number of allylic oxidation sites excluding steroid dienone is 2. The van der Waals surface area contributed by atoms with Crippen LogP contribution in [0.5, 0.6) is 0 Å². The molecule has 0 saturated carbocycles. The van der Waals surface area contributed by atoms with Crippen LogP contribution in [0.1, 0.15) is 44.4 Å². The average molecular weight is 602 g/mol. The number of pyridine rings is 2. The second-order valence-corrected chi connectivity index (χ2v) is 8.59. The normalized spacial score (nSPS) is 13.6. The summed E-state index contributed by atoms with van der Waals surface area (Å²) in [6.45, 7) is 9.62. The molecule has 4 nitrogen and oxygen atoms in total. The molecule has 0 aliphatic heterocycles. The third-order valence-corrected chi connectivity index (χ3v) is 5.70. The van der Waals surface area contributed by atoms with E-state index in [9.17, 15) is 4.79 Å². The summed E-state index contributed by atoms with van der Waals surface area (Å²) in [6, 6.07) is 14.3. The third-order valence-electron chi connectivity index (χ3n) is 5.70. The summed E-state index contributed by atoms with van der Waals surface area (Å²) in [6.07, 6.45) is 6.89. The first-order valence-electron chi connectivity index (χ1n) is 10.3. The van der Waals surface area contributed by atoms with Crippen molar-refractivity contribution in [3.63, 3.8) is 0 Å². The second kappa shape index (κ2) is 8.93. The Morgan fingerprint density at radius 3 is 2.50 bits per heavy atom. The molecule has 1 N–H and O–H groups in total. The molecule has 1 aliphatic rings. The van der Waals surface area contributed by atoms with Gasteiger partial charge in [0.15, 0.2) is 5.78 Å². The molecule has 165 valence electrons. The molecule has 5 rings (SSSR count). The molecular formula is C27H25IrN2O2-. The molecule has 2 aromatic carbocycles. The predicted octanol–water partition coefficient (Wildman–Crippen LogP) is 6.23. The fourth-order valence-electron chi connectivity index (χ4n) is 4.51. The van der Waals surface area contributed by atoms with Crippen LogP contribution in [-0.2, 0) is 30.3 Å². The smallest absolute Gasteiger partial charge is 0.155 e. The number of aliphatic hydroxyl groups excluding tert-OH is 1.